The van der Waals surface area contributed by atoms with Crippen molar-refractivity contribution < 1.29 is 4.74 Å². The second-order valence-electron chi connectivity index (χ2n) is 9.30. The highest BCUT2D eigenvalue weighted by Crippen LogP contribution is 2.55. The number of hydrogen-bond acceptors (Lipinski definition) is 2. The molecular formula is C29H27NO. The predicted molar refractivity (Wildman–Crippen MR) is 131 cm³/mol. The molecule has 6 rings (SSSR count). The summed E-state index contributed by atoms with van der Waals surface area (Å²) in [6.45, 7) is 8.52. The molecule has 4 aromatic carbocycles. The van der Waals surface area contributed by atoms with Gasteiger partial charge in [0.05, 0.1) is 6.61 Å². The minimum absolute atomic E-state index is 0.146. The van der Waals surface area contributed by atoms with Gasteiger partial charge in [-0.2, -0.15) is 0 Å². The third kappa shape index (κ3) is 2.37. The molecule has 0 N–H and O–H groups in total. The summed E-state index contributed by atoms with van der Waals surface area (Å²) in [6.07, 6.45) is 4.64. The third-order valence-corrected chi connectivity index (χ3v) is 7.52. The molecule has 1 fully saturated rings. The van der Waals surface area contributed by atoms with Crippen LogP contribution in [0.25, 0.3) is 27.6 Å². The van der Waals surface area contributed by atoms with E-state index in [1.807, 2.05) is 0 Å². The van der Waals surface area contributed by atoms with Crippen LogP contribution >= 0.6 is 0 Å². The second-order valence-corrected chi connectivity index (χ2v) is 9.30. The maximum Gasteiger partial charge on any atom is 0.170 e. The molecule has 0 bridgehead atoms. The quantitative estimate of drug-likeness (QED) is 0.339. The normalized spacial score (nSPS) is 21.8. The van der Waals surface area contributed by atoms with Gasteiger partial charge in [-0.3, -0.25) is 0 Å². The van der Waals surface area contributed by atoms with Gasteiger partial charge in [-0.05, 0) is 57.3 Å². The molecule has 0 aliphatic carbocycles. The monoisotopic (exact) mass is 405 g/mol. The van der Waals surface area contributed by atoms with E-state index < -0.39 is 5.72 Å². The van der Waals surface area contributed by atoms with Crippen LogP contribution in [0.5, 0.6) is 0 Å². The Kier molecular flexibility index (Phi) is 3.88. The maximum atomic E-state index is 6.57. The van der Waals surface area contributed by atoms with E-state index in [0.717, 1.165) is 13.2 Å². The van der Waals surface area contributed by atoms with Crippen LogP contribution in [0.15, 0.2) is 78.9 Å². The van der Waals surface area contributed by atoms with Crippen molar-refractivity contribution in [1.82, 2.24) is 0 Å². The van der Waals surface area contributed by atoms with Crippen molar-refractivity contribution in [2.75, 3.05) is 18.1 Å². The Balaban J connectivity index is 1.60. The average Bonchev–Trinajstić information content (AvgIpc) is 3.31. The summed E-state index contributed by atoms with van der Waals surface area (Å²) in [5, 5.41) is 5.22. The van der Waals surface area contributed by atoms with E-state index in [2.05, 4.69) is 111 Å². The van der Waals surface area contributed by atoms with Crippen LogP contribution < -0.4 is 4.90 Å². The zero-order chi connectivity index (χ0) is 21.2. The van der Waals surface area contributed by atoms with Gasteiger partial charge in [0.1, 0.15) is 0 Å². The molecule has 2 heteroatoms. The van der Waals surface area contributed by atoms with E-state index in [-0.39, 0.29) is 5.41 Å². The summed E-state index contributed by atoms with van der Waals surface area (Å²) in [7, 11) is 0. The number of aryl methyl sites for hydroxylation is 1. The zero-order valence-corrected chi connectivity index (χ0v) is 18.4. The fourth-order valence-corrected chi connectivity index (χ4v) is 5.89. The molecule has 2 aliphatic heterocycles. The predicted octanol–water partition coefficient (Wildman–Crippen LogP) is 6.84. The second kappa shape index (κ2) is 6.45. The lowest BCUT2D eigenvalue weighted by Gasteiger charge is -2.39. The van der Waals surface area contributed by atoms with Gasteiger partial charge in [0.15, 0.2) is 5.72 Å². The van der Waals surface area contributed by atoms with Crippen molar-refractivity contribution in [2.24, 2.45) is 0 Å². The lowest BCUT2D eigenvalue weighted by molar-refractivity contribution is 0.000344. The molecule has 4 aromatic rings. The Bertz CT molecular complexity index is 1310. The standard InChI is InChI=1S/C29H27NO/c1-20-21-10-4-6-12-23(21)25(24-13-7-5-11-22(20)24)16-17-29-28(2,3)26-14-8-9-15-27(26)30(29)18-19-31-29/h4-17H,18-19H2,1-3H3/b17-16+. The Labute approximate surface area is 183 Å². The fourth-order valence-electron chi connectivity index (χ4n) is 5.89. The van der Waals surface area contributed by atoms with Crippen LogP contribution in [0, 0.1) is 6.92 Å². The fraction of sp³-hybridized carbons (Fsp3) is 0.241. The van der Waals surface area contributed by atoms with E-state index in [0.29, 0.717) is 0 Å². The molecule has 31 heavy (non-hydrogen) atoms. The topological polar surface area (TPSA) is 12.5 Å². The molecular weight excluding hydrogens is 378 g/mol. The Morgan fingerprint density at radius 3 is 2.06 bits per heavy atom. The molecule has 0 amide bonds. The summed E-state index contributed by atoms with van der Waals surface area (Å²) in [6, 6.07) is 26.3. The Hall–Kier alpha value is -3.10. The van der Waals surface area contributed by atoms with E-state index in [1.54, 1.807) is 0 Å². The third-order valence-electron chi connectivity index (χ3n) is 7.52. The molecule has 2 heterocycles. The van der Waals surface area contributed by atoms with Crippen molar-refractivity contribution in [1.29, 1.82) is 0 Å². The van der Waals surface area contributed by atoms with Crippen LogP contribution in [0.4, 0.5) is 5.69 Å². The Morgan fingerprint density at radius 2 is 1.39 bits per heavy atom. The molecule has 0 saturated carbocycles. The number of nitrogens with zero attached hydrogens (tertiary/aromatic N) is 1. The number of fused-ring (bicyclic) bond motifs is 5. The smallest absolute Gasteiger partial charge is 0.170 e. The average molecular weight is 406 g/mol. The number of hydrogen-bond donors (Lipinski definition) is 0. The van der Waals surface area contributed by atoms with E-state index in [9.17, 15) is 0 Å². The van der Waals surface area contributed by atoms with Gasteiger partial charge >= 0.3 is 0 Å². The van der Waals surface area contributed by atoms with Crippen molar-refractivity contribution in [3.8, 4) is 0 Å². The van der Waals surface area contributed by atoms with Crippen LogP contribution in [0.2, 0.25) is 0 Å². The van der Waals surface area contributed by atoms with E-state index in [4.69, 9.17) is 4.74 Å². The first-order chi connectivity index (χ1) is 15.0. The molecule has 0 aromatic heterocycles. The molecule has 1 saturated heterocycles. The zero-order valence-electron chi connectivity index (χ0n) is 18.4. The van der Waals surface area contributed by atoms with Crippen LogP contribution in [-0.4, -0.2) is 18.9 Å². The number of para-hydroxylation sites is 1. The lowest BCUT2D eigenvalue weighted by atomic mass is 9.77. The van der Waals surface area contributed by atoms with Gasteiger partial charge in [0.2, 0.25) is 0 Å². The van der Waals surface area contributed by atoms with Gasteiger partial charge in [-0.25, -0.2) is 0 Å². The molecule has 2 nitrogen and oxygen atoms in total. The van der Waals surface area contributed by atoms with E-state index >= 15 is 0 Å². The largest absolute Gasteiger partial charge is 0.349 e. The first kappa shape index (κ1) is 18.7. The van der Waals surface area contributed by atoms with Gasteiger partial charge < -0.3 is 9.64 Å². The molecule has 1 atom stereocenters. The number of anilines is 1. The minimum Gasteiger partial charge on any atom is -0.349 e. The molecule has 1 unspecified atom stereocenters. The van der Waals surface area contributed by atoms with Crippen molar-refractivity contribution in [2.45, 2.75) is 31.9 Å². The van der Waals surface area contributed by atoms with Crippen LogP contribution in [0.1, 0.15) is 30.5 Å². The van der Waals surface area contributed by atoms with Crippen LogP contribution in [-0.2, 0) is 10.2 Å². The number of rotatable bonds is 2. The van der Waals surface area contributed by atoms with Gasteiger partial charge in [-0.15, -0.1) is 0 Å². The highest BCUT2D eigenvalue weighted by atomic mass is 16.5. The van der Waals surface area contributed by atoms with Gasteiger partial charge in [-0.1, -0.05) is 86.7 Å². The number of ether oxygens (including phenoxy) is 1. The molecule has 0 spiro atoms. The van der Waals surface area contributed by atoms with Gasteiger partial charge in [0.25, 0.3) is 0 Å². The first-order valence-corrected chi connectivity index (χ1v) is 11.1. The minimum atomic E-state index is -0.468. The summed E-state index contributed by atoms with van der Waals surface area (Å²) in [5.74, 6) is 0. The Morgan fingerprint density at radius 1 is 0.806 bits per heavy atom. The van der Waals surface area contributed by atoms with Crippen molar-refractivity contribution >= 4 is 33.3 Å². The first-order valence-electron chi connectivity index (χ1n) is 11.1. The van der Waals surface area contributed by atoms with Crippen LogP contribution in [0.3, 0.4) is 0 Å². The summed E-state index contributed by atoms with van der Waals surface area (Å²) in [4.78, 5) is 2.46. The summed E-state index contributed by atoms with van der Waals surface area (Å²) < 4.78 is 6.57. The molecule has 2 aliphatic rings. The lowest BCUT2D eigenvalue weighted by Crippen LogP contribution is -2.51. The molecule has 154 valence electrons. The van der Waals surface area contributed by atoms with Crippen molar-refractivity contribution in [3.63, 3.8) is 0 Å². The summed E-state index contributed by atoms with van der Waals surface area (Å²) in [5.41, 5.74) is 4.66. The van der Waals surface area contributed by atoms with E-state index in [1.165, 1.54) is 43.9 Å². The van der Waals surface area contributed by atoms with Gasteiger partial charge in [0, 0.05) is 17.6 Å². The molecule has 0 radical (unpaired) electrons. The maximum absolute atomic E-state index is 6.57. The summed E-state index contributed by atoms with van der Waals surface area (Å²) >= 11 is 0. The number of benzene rings is 4. The SMILES string of the molecule is Cc1c2ccccc2c(/C=C/C23OCCN2c2ccccc2C3(C)C)c2ccccc12. The van der Waals surface area contributed by atoms with Crippen molar-refractivity contribution in [3.05, 3.63) is 95.6 Å². The highest BCUT2D eigenvalue weighted by Gasteiger charge is 2.58. The highest BCUT2D eigenvalue weighted by molar-refractivity contribution is 6.09.